The van der Waals surface area contributed by atoms with Gasteiger partial charge in [-0.25, -0.2) is 0 Å². The molecule has 2 atom stereocenters. The summed E-state index contributed by atoms with van der Waals surface area (Å²) in [6.45, 7) is 3.02. The van der Waals surface area contributed by atoms with E-state index in [9.17, 15) is 4.79 Å². The second kappa shape index (κ2) is 7.67. The fourth-order valence-corrected chi connectivity index (χ4v) is 5.38. The van der Waals surface area contributed by atoms with E-state index in [2.05, 4.69) is 108 Å². The van der Waals surface area contributed by atoms with Crippen molar-refractivity contribution in [2.75, 3.05) is 19.4 Å². The van der Waals surface area contributed by atoms with Crippen molar-refractivity contribution in [3.63, 3.8) is 0 Å². The van der Waals surface area contributed by atoms with Gasteiger partial charge < -0.3 is 10.2 Å². The zero-order chi connectivity index (χ0) is 23.4. The van der Waals surface area contributed by atoms with Crippen LogP contribution in [0, 0.1) is 6.92 Å². The number of carbonyl (C=O) groups excluding carboxylic acids is 1. The minimum atomic E-state index is -0.420. The molecule has 0 bridgehead atoms. The first-order chi connectivity index (χ1) is 16.4. The maximum atomic E-state index is 12.9. The first-order valence-corrected chi connectivity index (χ1v) is 11.8. The monoisotopic (exact) mass is 448 g/mol. The zero-order valence-electron chi connectivity index (χ0n) is 19.7. The van der Waals surface area contributed by atoms with Gasteiger partial charge in [-0.05, 0) is 67.9 Å². The zero-order valence-corrected chi connectivity index (χ0v) is 19.7. The molecule has 170 valence electrons. The smallest absolute Gasteiger partial charge is 0.235 e. The van der Waals surface area contributed by atoms with Gasteiger partial charge in [-0.1, -0.05) is 60.2 Å². The maximum Gasteiger partial charge on any atom is 0.235 e. The van der Waals surface area contributed by atoms with Crippen LogP contribution in [0.5, 0.6) is 0 Å². The molecule has 0 unspecified atom stereocenters. The number of benzene rings is 3. The predicted molar refractivity (Wildman–Crippen MR) is 138 cm³/mol. The summed E-state index contributed by atoms with van der Waals surface area (Å²) in [6, 6.07) is 21.3. The van der Waals surface area contributed by atoms with Gasteiger partial charge in [0, 0.05) is 23.5 Å². The average molecular weight is 449 g/mol. The first kappa shape index (κ1) is 20.9. The van der Waals surface area contributed by atoms with Crippen molar-refractivity contribution in [3.8, 4) is 0 Å². The van der Waals surface area contributed by atoms with Gasteiger partial charge >= 0.3 is 0 Å². The van der Waals surface area contributed by atoms with E-state index in [0.29, 0.717) is 0 Å². The molecule has 0 radical (unpaired) electrons. The van der Waals surface area contributed by atoms with E-state index in [1.165, 1.54) is 16.7 Å². The number of anilines is 1. The summed E-state index contributed by atoms with van der Waals surface area (Å²) in [7, 11) is 4.15. The summed E-state index contributed by atoms with van der Waals surface area (Å²) in [5.41, 5.74) is 8.43. The van der Waals surface area contributed by atoms with Crippen LogP contribution >= 0.6 is 0 Å². The molecular formula is C29H28N4O. The van der Waals surface area contributed by atoms with Gasteiger partial charge in [-0.3, -0.25) is 9.89 Å². The standard InChI is InChI=1S/C29H28N4O/c1-18-4-12-26-23(14-18)29(28(34)30-26)16-24(29)21-10-11-22-25(31-32-27(22)15-21)13-9-19-5-7-20(8-6-19)17-33(2)3/h4-15,24H,16-17H2,1-3H3,(H,30,34)(H,31,32)/t24-,29-/m0/s1. The Bertz CT molecular complexity index is 1450. The van der Waals surface area contributed by atoms with Crippen LogP contribution in [0.4, 0.5) is 5.69 Å². The highest BCUT2D eigenvalue weighted by Crippen LogP contribution is 2.65. The molecule has 2 aliphatic rings. The topological polar surface area (TPSA) is 61.0 Å². The van der Waals surface area contributed by atoms with E-state index in [4.69, 9.17) is 0 Å². The summed E-state index contributed by atoms with van der Waals surface area (Å²) in [6.07, 6.45) is 5.01. The average Bonchev–Trinajstić information content (AvgIpc) is 3.36. The number of aromatic amines is 1. The van der Waals surface area contributed by atoms with Crippen LogP contribution in [0.1, 0.15) is 45.8 Å². The Morgan fingerprint density at radius 1 is 1.06 bits per heavy atom. The molecule has 34 heavy (non-hydrogen) atoms. The Balaban J connectivity index is 1.25. The van der Waals surface area contributed by atoms with Gasteiger partial charge in [-0.15, -0.1) is 0 Å². The number of fused-ring (bicyclic) bond motifs is 3. The number of hydrogen-bond donors (Lipinski definition) is 2. The number of aryl methyl sites for hydroxylation is 1. The van der Waals surface area contributed by atoms with Crippen LogP contribution in [-0.4, -0.2) is 35.1 Å². The van der Waals surface area contributed by atoms with Crippen molar-refractivity contribution in [2.24, 2.45) is 0 Å². The van der Waals surface area contributed by atoms with Crippen molar-refractivity contribution < 1.29 is 4.79 Å². The number of aromatic nitrogens is 2. The summed E-state index contributed by atoms with van der Waals surface area (Å²) in [5, 5.41) is 11.9. The third-order valence-corrected chi connectivity index (χ3v) is 7.20. The molecule has 5 heteroatoms. The van der Waals surface area contributed by atoms with E-state index in [-0.39, 0.29) is 11.8 Å². The molecule has 4 aromatic rings. The Morgan fingerprint density at radius 2 is 1.88 bits per heavy atom. The van der Waals surface area contributed by atoms with Gasteiger partial charge in [0.2, 0.25) is 5.91 Å². The molecule has 6 rings (SSSR count). The minimum Gasteiger partial charge on any atom is -0.325 e. The normalized spacial score (nSPS) is 21.1. The molecule has 1 aromatic heterocycles. The lowest BCUT2D eigenvalue weighted by Gasteiger charge is -2.09. The molecule has 1 spiro atoms. The summed E-state index contributed by atoms with van der Waals surface area (Å²) < 4.78 is 0. The SMILES string of the molecule is Cc1ccc2c(c1)[C@]1(C[C@H]1c1ccc3c(C=Cc4ccc(CN(C)C)cc4)n[nH]c3c1)C(=O)N2. The van der Waals surface area contributed by atoms with Crippen LogP contribution in [0.2, 0.25) is 0 Å². The second-order valence-corrected chi connectivity index (χ2v) is 9.96. The number of nitrogens with one attached hydrogen (secondary N) is 2. The number of H-pyrrole nitrogens is 1. The number of carbonyl (C=O) groups is 1. The molecular weight excluding hydrogens is 420 g/mol. The molecule has 1 amide bonds. The summed E-state index contributed by atoms with van der Waals surface area (Å²) in [5.74, 6) is 0.325. The molecule has 2 N–H and O–H groups in total. The van der Waals surface area contributed by atoms with Crippen molar-refractivity contribution in [1.29, 1.82) is 0 Å². The number of nitrogens with zero attached hydrogens (tertiary/aromatic N) is 2. The van der Waals surface area contributed by atoms with Crippen LogP contribution in [0.25, 0.3) is 23.1 Å². The van der Waals surface area contributed by atoms with Gasteiger partial charge in [0.1, 0.15) is 0 Å². The van der Waals surface area contributed by atoms with Crippen LogP contribution in [0.3, 0.4) is 0 Å². The van der Waals surface area contributed by atoms with E-state index >= 15 is 0 Å². The molecule has 1 fully saturated rings. The van der Waals surface area contributed by atoms with Gasteiger partial charge in [0.25, 0.3) is 0 Å². The third-order valence-electron chi connectivity index (χ3n) is 7.20. The van der Waals surface area contributed by atoms with E-state index in [1.54, 1.807) is 0 Å². The lowest BCUT2D eigenvalue weighted by Crippen LogP contribution is -2.21. The van der Waals surface area contributed by atoms with Crippen molar-refractivity contribution in [1.82, 2.24) is 15.1 Å². The molecule has 3 aromatic carbocycles. The van der Waals surface area contributed by atoms with Crippen molar-refractivity contribution in [3.05, 3.63) is 94.2 Å². The lowest BCUT2D eigenvalue weighted by atomic mass is 9.91. The van der Waals surface area contributed by atoms with E-state index < -0.39 is 5.41 Å². The van der Waals surface area contributed by atoms with E-state index in [0.717, 1.165) is 46.4 Å². The molecule has 1 aliphatic heterocycles. The third kappa shape index (κ3) is 3.35. The minimum absolute atomic E-state index is 0.128. The number of amides is 1. The molecule has 1 aliphatic carbocycles. The van der Waals surface area contributed by atoms with Crippen LogP contribution < -0.4 is 5.32 Å². The highest BCUT2D eigenvalue weighted by atomic mass is 16.2. The second-order valence-electron chi connectivity index (χ2n) is 9.96. The number of hydrogen-bond acceptors (Lipinski definition) is 3. The van der Waals surface area contributed by atoms with Gasteiger partial charge in [-0.2, -0.15) is 5.10 Å². The van der Waals surface area contributed by atoms with E-state index in [1.807, 2.05) is 6.07 Å². The van der Waals surface area contributed by atoms with Gasteiger partial charge in [0.15, 0.2) is 0 Å². The highest BCUT2D eigenvalue weighted by Gasteiger charge is 2.65. The van der Waals surface area contributed by atoms with Crippen LogP contribution in [0.15, 0.2) is 60.7 Å². The Morgan fingerprint density at radius 3 is 2.68 bits per heavy atom. The van der Waals surface area contributed by atoms with Crippen molar-refractivity contribution >= 4 is 34.6 Å². The largest absolute Gasteiger partial charge is 0.325 e. The highest BCUT2D eigenvalue weighted by molar-refractivity contribution is 6.10. The summed E-state index contributed by atoms with van der Waals surface area (Å²) >= 11 is 0. The quantitative estimate of drug-likeness (QED) is 0.425. The molecule has 2 heterocycles. The Hall–Kier alpha value is -3.70. The molecule has 0 saturated heterocycles. The number of rotatable bonds is 5. The fraction of sp³-hybridized carbons (Fsp3) is 0.241. The maximum absolute atomic E-state index is 12.9. The predicted octanol–water partition coefficient (Wildman–Crippen LogP) is 5.48. The first-order valence-electron chi connectivity index (χ1n) is 11.8. The van der Waals surface area contributed by atoms with Crippen molar-refractivity contribution in [2.45, 2.75) is 31.2 Å². The lowest BCUT2D eigenvalue weighted by molar-refractivity contribution is -0.118. The summed E-state index contributed by atoms with van der Waals surface area (Å²) in [4.78, 5) is 15.1. The Labute approximate surface area is 199 Å². The van der Waals surface area contributed by atoms with Crippen LogP contribution in [-0.2, 0) is 16.8 Å². The molecule has 1 saturated carbocycles. The fourth-order valence-electron chi connectivity index (χ4n) is 5.38. The van der Waals surface area contributed by atoms with Gasteiger partial charge in [0.05, 0.1) is 16.6 Å². The Kier molecular flexibility index (Phi) is 4.71. The molecule has 5 nitrogen and oxygen atoms in total.